The number of nitrogens with zero attached hydrogens (tertiary/aromatic N) is 2. The number of amides is 2. The molecule has 2 N–H and O–H groups in total. The van der Waals surface area contributed by atoms with E-state index in [1.807, 2.05) is 0 Å². The van der Waals surface area contributed by atoms with Gasteiger partial charge in [-0.15, -0.1) is 0 Å². The average molecular weight is 437 g/mol. The summed E-state index contributed by atoms with van der Waals surface area (Å²) in [7, 11) is 0. The van der Waals surface area contributed by atoms with Crippen molar-refractivity contribution >= 4 is 11.8 Å². The van der Waals surface area contributed by atoms with Crippen molar-refractivity contribution < 1.29 is 32.6 Å². The van der Waals surface area contributed by atoms with Crippen molar-refractivity contribution in [3.8, 4) is 5.75 Å². The summed E-state index contributed by atoms with van der Waals surface area (Å²) in [5, 5.41) is 11.4. The van der Waals surface area contributed by atoms with Gasteiger partial charge in [0.1, 0.15) is 5.75 Å². The molecule has 2 heterocycles. The molecule has 3 rings (SSSR count). The van der Waals surface area contributed by atoms with Crippen molar-refractivity contribution in [2.24, 2.45) is 0 Å². The standard InChI is InChI=1S/C21H22F3N3O4/c1-13-8-14(2-3-18(13)31-12-21(22,23)24)10-27-11-16-15(20(27)30)4-5-25-17(16)9-19(29)26-6-7-28/h2-5,8,28H,6-7,9-12H2,1H3,(H,26,29). The van der Waals surface area contributed by atoms with Crippen LogP contribution in [0.1, 0.15) is 32.7 Å². The molecule has 31 heavy (non-hydrogen) atoms. The minimum atomic E-state index is -4.42. The highest BCUT2D eigenvalue weighted by atomic mass is 19.4. The van der Waals surface area contributed by atoms with Gasteiger partial charge < -0.3 is 20.1 Å². The number of pyridine rings is 1. The molecule has 1 aromatic carbocycles. The summed E-state index contributed by atoms with van der Waals surface area (Å²) >= 11 is 0. The van der Waals surface area contributed by atoms with Gasteiger partial charge in [-0.05, 0) is 30.2 Å². The molecule has 7 nitrogen and oxygen atoms in total. The fourth-order valence-corrected chi connectivity index (χ4v) is 3.39. The predicted octanol–water partition coefficient (Wildman–Crippen LogP) is 2.14. The average Bonchev–Trinajstić information content (AvgIpc) is 3.02. The van der Waals surface area contributed by atoms with Crippen molar-refractivity contribution in [1.29, 1.82) is 0 Å². The number of ether oxygens (including phenoxy) is 1. The number of aliphatic hydroxyl groups excluding tert-OH is 1. The van der Waals surface area contributed by atoms with Gasteiger partial charge in [0.25, 0.3) is 5.91 Å². The molecule has 0 saturated heterocycles. The Hall–Kier alpha value is -3.14. The van der Waals surface area contributed by atoms with E-state index in [4.69, 9.17) is 9.84 Å². The zero-order valence-corrected chi connectivity index (χ0v) is 16.8. The number of hydrogen-bond acceptors (Lipinski definition) is 5. The lowest BCUT2D eigenvalue weighted by molar-refractivity contribution is -0.153. The first-order chi connectivity index (χ1) is 14.7. The number of benzene rings is 1. The summed E-state index contributed by atoms with van der Waals surface area (Å²) in [6.07, 6.45) is -2.94. The van der Waals surface area contributed by atoms with Crippen molar-refractivity contribution in [2.45, 2.75) is 32.6 Å². The summed E-state index contributed by atoms with van der Waals surface area (Å²) in [6.45, 7) is 0.774. The van der Waals surface area contributed by atoms with E-state index in [-0.39, 0.29) is 50.2 Å². The van der Waals surface area contributed by atoms with Crippen LogP contribution >= 0.6 is 0 Å². The number of aromatic nitrogens is 1. The van der Waals surface area contributed by atoms with Gasteiger partial charge in [0.15, 0.2) is 6.61 Å². The van der Waals surface area contributed by atoms with Gasteiger partial charge >= 0.3 is 6.18 Å². The Bertz CT molecular complexity index is 979. The maximum Gasteiger partial charge on any atom is 0.422 e. The first kappa shape index (κ1) is 22.5. The van der Waals surface area contributed by atoms with Gasteiger partial charge in [0.05, 0.1) is 18.7 Å². The minimum absolute atomic E-state index is 0.00531. The summed E-state index contributed by atoms with van der Waals surface area (Å²) in [5.41, 5.74) is 2.92. The SMILES string of the molecule is Cc1cc(CN2Cc3c(ccnc3CC(=O)NCCO)C2=O)ccc1OCC(F)(F)F. The summed E-state index contributed by atoms with van der Waals surface area (Å²) < 4.78 is 41.9. The number of aryl methyl sites for hydroxylation is 1. The number of fused-ring (bicyclic) bond motifs is 1. The highest BCUT2D eigenvalue weighted by molar-refractivity contribution is 5.98. The Kier molecular flexibility index (Phi) is 6.79. The molecule has 0 unspecified atom stereocenters. The largest absolute Gasteiger partial charge is 0.484 e. The second-order valence-electron chi connectivity index (χ2n) is 7.20. The third kappa shape index (κ3) is 5.72. The van der Waals surface area contributed by atoms with Gasteiger partial charge in [0, 0.05) is 37.0 Å². The molecule has 0 bridgehead atoms. The van der Waals surface area contributed by atoms with E-state index < -0.39 is 12.8 Å². The molecule has 0 radical (unpaired) electrons. The summed E-state index contributed by atoms with van der Waals surface area (Å²) in [6, 6.07) is 6.37. The number of rotatable bonds is 8. The molecule has 0 fully saturated rings. The van der Waals surface area contributed by atoms with E-state index in [9.17, 15) is 22.8 Å². The van der Waals surface area contributed by atoms with E-state index in [2.05, 4.69) is 10.3 Å². The predicted molar refractivity (Wildman–Crippen MR) is 104 cm³/mol. The quantitative estimate of drug-likeness (QED) is 0.660. The highest BCUT2D eigenvalue weighted by Gasteiger charge is 2.31. The number of carbonyl (C=O) groups is 2. The Morgan fingerprint density at radius 2 is 2.10 bits per heavy atom. The summed E-state index contributed by atoms with van der Waals surface area (Å²) in [4.78, 5) is 30.6. The van der Waals surface area contributed by atoms with E-state index in [0.717, 1.165) is 5.56 Å². The molecule has 0 aliphatic carbocycles. The zero-order valence-electron chi connectivity index (χ0n) is 16.8. The van der Waals surface area contributed by atoms with E-state index in [1.54, 1.807) is 30.0 Å². The molecule has 0 spiro atoms. The molecule has 1 aromatic heterocycles. The normalized spacial score (nSPS) is 13.3. The van der Waals surface area contributed by atoms with Gasteiger partial charge in [0.2, 0.25) is 5.91 Å². The van der Waals surface area contributed by atoms with Crippen LogP contribution in [0.15, 0.2) is 30.5 Å². The van der Waals surface area contributed by atoms with Crippen LogP contribution in [-0.4, -0.2) is 52.7 Å². The van der Waals surface area contributed by atoms with Crippen molar-refractivity contribution in [3.63, 3.8) is 0 Å². The zero-order chi connectivity index (χ0) is 22.6. The highest BCUT2D eigenvalue weighted by Crippen LogP contribution is 2.28. The Morgan fingerprint density at radius 1 is 1.32 bits per heavy atom. The van der Waals surface area contributed by atoms with Crippen LogP contribution < -0.4 is 10.1 Å². The van der Waals surface area contributed by atoms with Crippen molar-refractivity contribution in [2.75, 3.05) is 19.8 Å². The molecule has 0 atom stereocenters. The lowest BCUT2D eigenvalue weighted by Crippen LogP contribution is -2.28. The Labute approximate surface area is 176 Å². The topological polar surface area (TPSA) is 91.8 Å². The van der Waals surface area contributed by atoms with Crippen LogP contribution in [0.5, 0.6) is 5.75 Å². The third-order valence-corrected chi connectivity index (χ3v) is 4.78. The maximum absolute atomic E-state index is 12.8. The fourth-order valence-electron chi connectivity index (χ4n) is 3.39. The van der Waals surface area contributed by atoms with Gasteiger partial charge in [-0.2, -0.15) is 13.2 Å². The monoisotopic (exact) mass is 437 g/mol. The molecule has 10 heteroatoms. The van der Waals surface area contributed by atoms with Crippen LogP contribution in [0, 0.1) is 6.92 Å². The van der Waals surface area contributed by atoms with Crippen LogP contribution in [-0.2, 0) is 24.3 Å². The van der Waals surface area contributed by atoms with Crippen LogP contribution in [0.2, 0.25) is 0 Å². The smallest absolute Gasteiger partial charge is 0.422 e. The van der Waals surface area contributed by atoms with Gasteiger partial charge in [-0.3, -0.25) is 14.6 Å². The first-order valence-corrected chi connectivity index (χ1v) is 9.60. The molecular formula is C21H22F3N3O4. The molecule has 2 amide bonds. The first-order valence-electron chi connectivity index (χ1n) is 9.60. The number of nitrogens with one attached hydrogen (secondary N) is 1. The Morgan fingerprint density at radius 3 is 2.77 bits per heavy atom. The third-order valence-electron chi connectivity index (χ3n) is 4.78. The molecule has 1 aliphatic rings. The van der Waals surface area contributed by atoms with E-state index in [0.29, 0.717) is 22.4 Å². The van der Waals surface area contributed by atoms with Crippen LogP contribution in [0.4, 0.5) is 13.2 Å². The van der Waals surface area contributed by atoms with Crippen LogP contribution in [0.3, 0.4) is 0 Å². The van der Waals surface area contributed by atoms with E-state index >= 15 is 0 Å². The van der Waals surface area contributed by atoms with Gasteiger partial charge in [-0.1, -0.05) is 12.1 Å². The lowest BCUT2D eigenvalue weighted by atomic mass is 10.1. The number of carbonyl (C=O) groups excluding carboxylic acids is 2. The molecule has 2 aromatic rings. The lowest BCUT2D eigenvalue weighted by Gasteiger charge is -2.17. The molecule has 1 aliphatic heterocycles. The van der Waals surface area contributed by atoms with Crippen molar-refractivity contribution in [3.05, 3.63) is 58.4 Å². The number of aliphatic hydroxyl groups is 1. The minimum Gasteiger partial charge on any atom is -0.484 e. The van der Waals surface area contributed by atoms with Crippen LogP contribution in [0.25, 0.3) is 0 Å². The second-order valence-corrected chi connectivity index (χ2v) is 7.20. The second kappa shape index (κ2) is 9.34. The molecule has 166 valence electrons. The summed E-state index contributed by atoms with van der Waals surface area (Å²) in [5.74, 6) is -0.368. The molecule has 0 saturated carbocycles. The van der Waals surface area contributed by atoms with E-state index in [1.165, 1.54) is 12.3 Å². The van der Waals surface area contributed by atoms with Gasteiger partial charge in [-0.25, -0.2) is 0 Å². The number of halogens is 3. The fraction of sp³-hybridized carbons (Fsp3) is 0.381. The number of alkyl halides is 3. The number of hydrogen-bond donors (Lipinski definition) is 2. The molecular weight excluding hydrogens is 415 g/mol. The maximum atomic E-state index is 12.8. The Balaban J connectivity index is 1.69. The van der Waals surface area contributed by atoms with Crippen molar-refractivity contribution in [1.82, 2.24) is 15.2 Å².